The molecule has 0 aliphatic heterocycles. The molecule has 0 radical (unpaired) electrons. The molecule has 1 aromatic rings. The third-order valence-electron chi connectivity index (χ3n) is 2.40. The lowest BCUT2D eigenvalue weighted by atomic mass is 10.0. The first-order valence-electron chi connectivity index (χ1n) is 5.00. The van der Waals surface area contributed by atoms with Gasteiger partial charge < -0.3 is 9.47 Å². The molecular formula is C11H12ClF2NO3. The molecule has 0 aliphatic rings. The Labute approximate surface area is 108 Å². The second kappa shape index (κ2) is 6.49. The van der Waals surface area contributed by atoms with Crippen molar-refractivity contribution in [2.24, 2.45) is 0 Å². The van der Waals surface area contributed by atoms with E-state index in [1.807, 2.05) is 0 Å². The SMILES string of the molecule is COC(=O)Cc1c(OC)ncc(C(F)F)c1CCl. The van der Waals surface area contributed by atoms with Crippen LogP contribution < -0.4 is 4.74 Å². The summed E-state index contributed by atoms with van der Waals surface area (Å²) in [5, 5.41) is 0. The molecule has 0 atom stereocenters. The van der Waals surface area contributed by atoms with Crippen molar-refractivity contribution in [2.45, 2.75) is 18.7 Å². The molecule has 0 aliphatic carbocycles. The fourth-order valence-electron chi connectivity index (χ4n) is 1.51. The van der Waals surface area contributed by atoms with E-state index in [9.17, 15) is 13.6 Å². The number of hydrogen-bond donors (Lipinski definition) is 0. The lowest BCUT2D eigenvalue weighted by Gasteiger charge is -2.14. The van der Waals surface area contributed by atoms with Gasteiger partial charge in [0, 0.05) is 23.2 Å². The van der Waals surface area contributed by atoms with Crippen LogP contribution >= 0.6 is 11.6 Å². The van der Waals surface area contributed by atoms with E-state index in [0.717, 1.165) is 6.20 Å². The van der Waals surface area contributed by atoms with Crippen LogP contribution in [0.3, 0.4) is 0 Å². The molecule has 0 N–H and O–H groups in total. The Bertz CT molecular complexity index is 441. The van der Waals surface area contributed by atoms with Gasteiger partial charge in [-0.2, -0.15) is 0 Å². The van der Waals surface area contributed by atoms with E-state index in [-0.39, 0.29) is 34.9 Å². The van der Waals surface area contributed by atoms with Crippen LogP contribution in [0.5, 0.6) is 5.88 Å². The standard InChI is InChI=1S/C11H12ClF2NO3/c1-17-9(16)3-6-7(4-12)8(10(13)14)5-15-11(6)18-2/h5,10H,3-4H2,1-2H3. The van der Waals surface area contributed by atoms with Gasteiger partial charge in [-0.1, -0.05) is 0 Å². The fourth-order valence-corrected chi connectivity index (χ4v) is 1.82. The molecule has 0 spiro atoms. The number of rotatable bonds is 5. The molecule has 4 nitrogen and oxygen atoms in total. The van der Waals surface area contributed by atoms with Crippen LogP contribution in [-0.2, 0) is 21.8 Å². The van der Waals surface area contributed by atoms with Crippen molar-refractivity contribution in [3.05, 3.63) is 22.9 Å². The lowest BCUT2D eigenvalue weighted by Crippen LogP contribution is -2.11. The summed E-state index contributed by atoms with van der Waals surface area (Å²) < 4.78 is 35.0. The van der Waals surface area contributed by atoms with Gasteiger partial charge in [0.2, 0.25) is 5.88 Å². The zero-order valence-electron chi connectivity index (χ0n) is 9.87. The molecule has 0 saturated carbocycles. The van der Waals surface area contributed by atoms with E-state index in [1.165, 1.54) is 14.2 Å². The zero-order valence-corrected chi connectivity index (χ0v) is 10.6. The van der Waals surface area contributed by atoms with Crippen molar-refractivity contribution in [3.63, 3.8) is 0 Å². The lowest BCUT2D eigenvalue weighted by molar-refractivity contribution is -0.139. The maximum atomic E-state index is 12.8. The molecule has 0 bridgehead atoms. The van der Waals surface area contributed by atoms with E-state index in [2.05, 4.69) is 9.72 Å². The second-order valence-corrected chi connectivity index (χ2v) is 3.63. The highest BCUT2D eigenvalue weighted by Crippen LogP contribution is 2.31. The van der Waals surface area contributed by atoms with E-state index >= 15 is 0 Å². The summed E-state index contributed by atoms with van der Waals surface area (Å²) in [6, 6.07) is 0. The second-order valence-electron chi connectivity index (χ2n) is 3.37. The highest BCUT2D eigenvalue weighted by Gasteiger charge is 2.22. The van der Waals surface area contributed by atoms with E-state index in [0.29, 0.717) is 0 Å². The molecule has 0 fully saturated rings. The number of pyridine rings is 1. The minimum absolute atomic E-state index is 0.0976. The molecule has 18 heavy (non-hydrogen) atoms. The summed E-state index contributed by atoms with van der Waals surface area (Å²) in [6.45, 7) is 0. The summed E-state index contributed by atoms with van der Waals surface area (Å²) in [6.07, 6.45) is -1.93. The quantitative estimate of drug-likeness (QED) is 0.614. The molecule has 1 rings (SSSR count). The Morgan fingerprint density at radius 3 is 2.56 bits per heavy atom. The first-order valence-corrected chi connectivity index (χ1v) is 5.54. The Morgan fingerprint density at radius 2 is 2.11 bits per heavy atom. The minimum atomic E-state index is -2.71. The van der Waals surface area contributed by atoms with Gasteiger partial charge in [-0.25, -0.2) is 13.8 Å². The van der Waals surface area contributed by atoms with Gasteiger partial charge in [0.05, 0.1) is 20.6 Å². The van der Waals surface area contributed by atoms with Gasteiger partial charge in [-0.3, -0.25) is 4.79 Å². The molecule has 0 saturated heterocycles. The number of alkyl halides is 3. The molecule has 1 aromatic heterocycles. The van der Waals surface area contributed by atoms with Crippen LogP contribution in [0.15, 0.2) is 6.20 Å². The molecule has 1 heterocycles. The van der Waals surface area contributed by atoms with Crippen molar-refractivity contribution in [1.29, 1.82) is 0 Å². The Kier molecular flexibility index (Phi) is 5.27. The number of nitrogens with zero attached hydrogens (tertiary/aromatic N) is 1. The molecular weight excluding hydrogens is 268 g/mol. The average Bonchev–Trinajstić information content (AvgIpc) is 2.37. The number of hydrogen-bond acceptors (Lipinski definition) is 4. The first-order chi connectivity index (χ1) is 8.54. The van der Waals surface area contributed by atoms with Crippen LogP contribution in [0, 0.1) is 0 Å². The number of ether oxygens (including phenoxy) is 2. The topological polar surface area (TPSA) is 48.4 Å². The number of halogens is 3. The zero-order chi connectivity index (χ0) is 13.7. The maximum absolute atomic E-state index is 12.8. The van der Waals surface area contributed by atoms with E-state index in [1.54, 1.807) is 0 Å². The van der Waals surface area contributed by atoms with Crippen molar-refractivity contribution in [3.8, 4) is 5.88 Å². The number of carbonyl (C=O) groups is 1. The Balaban J connectivity index is 3.32. The third-order valence-corrected chi connectivity index (χ3v) is 2.67. The highest BCUT2D eigenvalue weighted by atomic mass is 35.5. The summed E-state index contributed by atoms with van der Waals surface area (Å²) in [7, 11) is 2.54. The van der Waals surface area contributed by atoms with Gasteiger partial charge in [-0.15, -0.1) is 11.6 Å². The van der Waals surface area contributed by atoms with Crippen LogP contribution in [0.4, 0.5) is 8.78 Å². The monoisotopic (exact) mass is 279 g/mol. The molecule has 100 valence electrons. The molecule has 0 aromatic carbocycles. The van der Waals surface area contributed by atoms with E-state index < -0.39 is 12.4 Å². The van der Waals surface area contributed by atoms with Crippen molar-refractivity contribution in [2.75, 3.05) is 14.2 Å². The first kappa shape index (κ1) is 14.6. The van der Waals surface area contributed by atoms with Crippen LogP contribution in [-0.4, -0.2) is 25.2 Å². The van der Waals surface area contributed by atoms with Gasteiger partial charge in [-0.05, 0) is 5.56 Å². The Hall–Kier alpha value is -1.43. The molecule has 0 unspecified atom stereocenters. The van der Waals surface area contributed by atoms with Gasteiger partial charge in [0.15, 0.2) is 0 Å². The van der Waals surface area contributed by atoms with Gasteiger partial charge >= 0.3 is 5.97 Å². The normalized spacial score (nSPS) is 10.6. The maximum Gasteiger partial charge on any atom is 0.310 e. The van der Waals surface area contributed by atoms with Crippen LogP contribution in [0.1, 0.15) is 23.1 Å². The summed E-state index contributed by atoms with van der Waals surface area (Å²) in [4.78, 5) is 15.0. The average molecular weight is 280 g/mol. The number of carbonyl (C=O) groups excluding carboxylic acids is 1. The Morgan fingerprint density at radius 1 is 1.44 bits per heavy atom. The summed E-state index contributed by atoms with van der Waals surface area (Å²) in [5.74, 6) is -0.640. The van der Waals surface area contributed by atoms with E-state index in [4.69, 9.17) is 16.3 Å². The largest absolute Gasteiger partial charge is 0.481 e. The predicted octanol–water partition coefficient (Wildman–Crippen LogP) is 2.48. The fraction of sp³-hybridized carbons (Fsp3) is 0.455. The van der Waals surface area contributed by atoms with Crippen LogP contribution in [0.2, 0.25) is 0 Å². The van der Waals surface area contributed by atoms with Crippen LogP contribution in [0.25, 0.3) is 0 Å². The summed E-state index contributed by atoms with van der Waals surface area (Å²) >= 11 is 5.67. The van der Waals surface area contributed by atoms with Crippen molar-refractivity contribution >= 4 is 17.6 Å². The minimum Gasteiger partial charge on any atom is -0.481 e. The highest BCUT2D eigenvalue weighted by molar-refractivity contribution is 6.17. The number of methoxy groups -OCH3 is 2. The van der Waals surface area contributed by atoms with Crippen molar-refractivity contribution < 1.29 is 23.0 Å². The number of esters is 1. The number of aromatic nitrogens is 1. The predicted molar refractivity (Wildman–Crippen MR) is 61.0 cm³/mol. The third kappa shape index (κ3) is 3.07. The smallest absolute Gasteiger partial charge is 0.310 e. The molecule has 0 amide bonds. The van der Waals surface area contributed by atoms with Gasteiger partial charge in [0.25, 0.3) is 6.43 Å². The van der Waals surface area contributed by atoms with Gasteiger partial charge in [0.1, 0.15) is 0 Å². The van der Waals surface area contributed by atoms with Crippen molar-refractivity contribution in [1.82, 2.24) is 4.98 Å². The summed E-state index contributed by atoms with van der Waals surface area (Å²) in [5.41, 5.74) is 0.0887. The molecule has 7 heteroatoms.